The Balaban J connectivity index is 1.59. The molecule has 0 spiro atoms. The first-order valence-corrected chi connectivity index (χ1v) is 17.4. The highest BCUT2D eigenvalue weighted by atomic mass is 32.2. The van der Waals surface area contributed by atoms with Crippen molar-refractivity contribution in [3.63, 3.8) is 0 Å². The summed E-state index contributed by atoms with van der Waals surface area (Å²) < 4.78 is 46.1. The molecule has 11 heteroatoms. The van der Waals surface area contributed by atoms with Crippen LogP contribution >= 0.6 is 0 Å². The van der Waals surface area contributed by atoms with E-state index in [0.29, 0.717) is 42.4 Å². The molecule has 2 unspecified atom stereocenters. The monoisotopic (exact) mass is 649 g/mol. The van der Waals surface area contributed by atoms with Crippen molar-refractivity contribution in [3.05, 3.63) is 83.9 Å². The number of likely N-dealkylation sites (tertiary alicyclic amines) is 1. The van der Waals surface area contributed by atoms with E-state index in [9.17, 15) is 18.0 Å². The van der Waals surface area contributed by atoms with E-state index >= 15 is 0 Å². The van der Waals surface area contributed by atoms with Gasteiger partial charge in [-0.2, -0.15) is 0 Å². The number of benzene rings is 3. The van der Waals surface area contributed by atoms with Crippen LogP contribution in [-0.4, -0.2) is 70.1 Å². The zero-order chi connectivity index (χ0) is 32.7. The molecule has 46 heavy (non-hydrogen) atoms. The Morgan fingerprint density at radius 2 is 1.63 bits per heavy atom. The van der Waals surface area contributed by atoms with E-state index in [2.05, 4.69) is 18.6 Å². The SMILES string of the molecule is CCCCN(CCCC)C(=O)CN1CC(c2ccc3c(c2)OCO3)CC1(C(=O)NS(=O)(=O)c1ccccc1)c1ccc(OC)cc1. The maximum atomic E-state index is 14.6. The summed E-state index contributed by atoms with van der Waals surface area (Å²) in [6.45, 7) is 5.84. The summed E-state index contributed by atoms with van der Waals surface area (Å²) in [5.74, 6) is 0.813. The Bertz CT molecular complexity index is 1610. The minimum atomic E-state index is -4.22. The highest BCUT2D eigenvalue weighted by Crippen LogP contribution is 2.48. The molecule has 2 aliphatic rings. The number of carbonyl (C=O) groups is 2. The van der Waals surface area contributed by atoms with Crippen molar-refractivity contribution in [2.75, 3.05) is 40.1 Å². The van der Waals surface area contributed by atoms with Gasteiger partial charge in [0.2, 0.25) is 12.7 Å². The average Bonchev–Trinajstić information content (AvgIpc) is 3.70. The van der Waals surface area contributed by atoms with Crippen LogP contribution in [0, 0.1) is 0 Å². The van der Waals surface area contributed by atoms with Crippen LogP contribution in [0.25, 0.3) is 0 Å². The van der Waals surface area contributed by atoms with Crippen molar-refractivity contribution in [1.29, 1.82) is 0 Å². The summed E-state index contributed by atoms with van der Waals surface area (Å²) in [6.07, 6.45) is 3.86. The largest absolute Gasteiger partial charge is 0.497 e. The standard InChI is InChI=1S/C35H43N3O7S/c1-4-6-19-37(20-7-5-2)33(39)24-38-23-27(26-13-18-31-32(21-26)45-25-44-31)22-35(38,28-14-16-29(43-3)17-15-28)34(40)36-46(41,42)30-11-9-8-10-12-30/h8-18,21,27H,4-7,19-20,22-25H2,1-3H3,(H,36,40). The van der Waals surface area contributed by atoms with E-state index in [4.69, 9.17) is 14.2 Å². The zero-order valence-corrected chi connectivity index (χ0v) is 27.6. The summed E-state index contributed by atoms with van der Waals surface area (Å²) >= 11 is 0. The molecule has 0 aromatic heterocycles. The molecule has 1 N–H and O–H groups in total. The molecule has 3 aromatic rings. The number of ether oxygens (including phenoxy) is 3. The summed E-state index contributed by atoms with van der Waals surface area (Å²) in [4.78, 5) is 32.4. The smallest absolute Gasteiger partial charge is 0.264 e. The molecule has 1 saturated heterocycles. The second kappa shape index (κ2) is 14.6. The molecule has 2 aliphatic heterocycles. The van der Waals surface area contributed by atoms with Gasteiger partial charge < -0.3 is 19.1 Å². The fraction of sp³-hybridized carbons (Fsp3) is 0.429. The van der Waals surface area contributed by atoms with Gasteiger partial charge in [-0.3, -0.25) is 14.5 Å². The molecule has 10 nitrogen and oxygen atoms in total. The number of carbonyl (C=O) groups excluding carboxylic acids is 2. The Kier molecular flexibility index (Phi) is 10.5. The van der Waals surface area contributed by atoms with Gasteiger partial charge >= 0.3 is 0 Å². The van der Waals surface area contributed by atoms with Crippen LogP contribution < -0.4 is 18.9 Å². The number of unbranched alkanes of at least 4 members (excludes halogenated alkanes) is 2. The highest BCUT2D eigenvalue weighted by molar-refractivity contribution is 7.90. The lowest BCUT2D eigenvalue weighted by atomic mass is 9.82. The number of sulfonamides is 1. The number of amides is 2. The maximum absolute atomic E-state index is 14.6. The third kappa shape index (κ3) is 7.00. The Morgan fingerprint density at radius 3 is 2.28 bits per heavy atom. The minimum Gasteiger partial charge on any atom is -0.497 e. The van der Waals surface area contributed by atoms with E-state index in [1.165, 1.54) is 12.1 Å². The normalized spacial score (nSPS) is 19.2. The zero-order valence-electron chi connectivity index (χ0n) is 26.7. The predicted molar refractivity (Wildman–Crippen MR) is 174 cm³/mol. The molecular weight excluding hydrogens is 606 g/mol. The van der Waals surface area contributed by atoms with Crippen molar-refractivity contribution in [1.82, 2.24) is 14.5 Å². The first kappa shape index (κ1) is 33.3. The highest BCUT2D eigenvalue weighted by Gasteiger charge is 2.54. The molecule has 5 rings (SSSR count). The van der Waals surface area contributed by atoms with E-state index < -0.39 is 21.5 Å². The third-order valence-electron chi connectivity index (χ3n) is 8.86. The van der Waals surface area contributed by atoms with Gasteiger partial charge in [0.25, 0.3) is 15.9 Å². The van der Waals surface area contributed by atoms with Gasteiger partial charge in [-0.25, -0.2) is 13.1 Å². The van der Waals surface area contributed by atoms with E-state index in [-0.39, 0.29) is 36.5 Å². The van der Waals surface area contributed by atoms with Gasteiger partial charge in [0.15, 0.2) is 11.5 Å². The van der Waals surface area contributed by atoms with Gasteiger partial charge in [0, 0.05) is 19.6 Å². The number of rotatable bonds is 14. The van der Waals surface area contributed by atoms with Crippen LogP contribution in [0.4, 0.5) is 0 Å². The summed E-state index contributed by atoms with van der Waals surface area (Å²) in [6, 6.07) is 20.6. The maximum Gasteiger partial charge on any atom is 0.264 e. The fourth-order valence-electron chi connectivity index (χ4n) is 6.28. The van der Waals surface area contributed by atoms with E-state index in [1.54, 1.807) is 49.6 Å². The minimum absolute atomic E-state index is 0.0218. The van der Waals surface area contributed by atoms with Crippen LogP contribution in [0.15, 0.2) is 77.7 Å². The van der Waals surface area contributed by atoms with Crippen LogP contribution in [0.5, 0.6) is 17.2 Å². The van der Waals surface area contributed by atoms with Gasteiger partial charge in [-0.1, -0.05) is 63.1 Å². The fourth-order valence-corrected chi connectivity index (χ4v) is 7.33. The second-order valence-corrected chi connectivity index (χ2v) is 13.5. The summed E-state index contributed by atoms with van der Waals surface area (Å²) in [5, 5.41) is 0. The second-order valence-electron chi connectivity index (χ2n) is 11.8. The number of fused-ring (bicyclic) bond motifs is 1. The van der Waals surface area contributed by atoms with Crippen molar-refractivity contribution < 1.29 is 32.2 Å². The lowest BCUT2D eigenvalue weighted by molar-refractivity contribution is -0.137. The topological polar surface area (TPSA) is 114 Å². The quantitative estimate of drug-likeness (QED) is 0.258. The Morgan fingerprint density at radius 1 is 0.957 bits per heavy atom. The van der Waals surface area contributed by atoms with Crippen LogP contribution in [0.2, 0.25) is 0 Å². The van der Waals surface area contributed by atoms with Crippen LogP contribution in [0.1, 0.15) is 63.0 Å². The molecule has 0 radical (unpaired) electrons. The molecule has 0 saturated carbocycles. The molecule has 2 amide bonds. The van der Waals surface area contributed by atoms with Gasteiger partial charge in [-0.15, -0.1) is 0 Å². The van der Waals surface area contributed by atoms with E-state index in [1.807, 2.05) is 28.0 Å². The van der Waals surface area contributed by atoms with Gasteiger partial charge in [-0.05, 0) is 72.7 Å². The predicted octanol–water partition coefficient (Wildman–Crippen LogP) is 5.04. The van der Waals surface area contributed by atoms with Gasteiger partial charge in [0.05, 0.1) is 18.6 Å². The van der Waals surface area contributed by atoms with Crippen molar-refractivity contribution in [3.8, 4) is 17.2 Å². The first-order chi connectivity index (χ1) is 22.2. The molecule has 2 heterocycles. The Labute approximate surface area is 271 Å². The first-order valence-electron chi connectivity index (χ1n) is 15.9. The number of nitrogens with one attached hydrogen (secondary N) is 1. The lowest BCUT2D eigenvalue weighted by Gasteiger charge is -2.38. The van der Waals surface area contributed by atoms with Crippen LogP contribution in [-0.2, 0) is 25.2 Å². The summed E-state index contributed by atoms with van der Waals surface area (Å²) in [7, 11) is -2.66. The number of nitrogens with zero attached hydrogens (tertiary/aromatic N) is 2. The molecule has 1 fully saturated rings. The van der Waals surface area contributed by atoms with E-state index in [0.717, 1.165) is 31.2 Å². The lowest BCUT2D eigenvalue weighted by Crippen LogP contribution is -2.56. The number of hydrogen-bond donors (Lipinski definition) is 1. The van der Waals surface area contributed by atoms with Crippen molar-refractivity contribution in [2.45, 2.75) is 62.3 Å². The average molecular weight is 650 g/mol. The molecular formula is C35H43N3O7S. The van der Waals surface area contributed by atoms with Crippen molar-refractivity contribution in [2.24, 2.45) is 0 Å². The van der Waals surface area contributed by atoms with Crippen molar-refractivity contribution >= 4 is 21.8 Å². The molecule has 0 aliphatic carbocycles. The number of hydrogen-bond acceptors (Lipinski definition) is 8. The third-order valence-corrected chi connectivity index (χ3v) is 10.2. The molecule has 246 valence electrons. The van der Waals surface area contributed by atoms with Gasteiger partial charge in [0.1, 0.15) is 11.3 Å². The number of methoxy groups -OCH3 is 1. The molecule has 0 bridgehead atoms. The molecule has 3 aromatic carbocycles. The Hall–Kier alpha value is -4.09. The molecule has 2 atom stereocenters. The van der Waals surface area contributed by atoms with Crippen LogP contribution in [0.3, 0.4) is 0 Å². The summed E-state index contributed by atoms with van der Waals surface area (Å²) in [5.41, 5.74) is -0.0187.